The van der Waals surface area contributed by atoms with E-state index >= 15 is 0 Å². The van der Waals surface area contributed by atoms with Gasteiger partial charge in [0.2, 0.25) is 21.1 Å². The fourth-order valence-corrected chi connectivity index (χ4v) is 2.91. The van der Waals surface area contributed by atoms with Crippen molar-refractivity contribution in [1.29, 1.82) is 0 Å². The first-order valence-corrected chi connectivity index (χ1v) is 9.13. The van der Waals surface area contributed by atoms with Crippen molar-refractivity contribution in [1.82, 2.24) is 15.5 Å². The molecule has 0 spiro atoms. The summed E-state index contributed by atoms with van der Waals surface area (Å²) in [4.78, 5) is 11.8. The number of rotatable bonds is 7. The van der Waals surface area contributed by atoms with E-state index in [1.807, 2.05) is 6.92 Å². The average Bonchev–Trinajstić information content (AvgIpc) is 2.88. The monoisotopic (exact) mass is 355 g/mol. The Morgan fingerprint density at radius 3 is 2.52 bits per heavy atom. The Kier molecular flexibility index (Phi) is 5.77. The fraction of sp³-hybridized carbons (Fsp3) is 0.308. The van der Waals surface area contributed by atoms with Crippen molar-refractivity contribution in [3.05, 3.63) is 34.8 Å². The Labute approximate surface area is 138 Å². The molecule has 0 saturated heterocycles. The van der Waals surface area contributed by atoms with E-state index in [0.717, 1.165) is 10.6 Å². The van der Waals surface area contributed by atoms with Crippen molar-refractivity contribution in [3.8, 4) is 0 Å². The molecule has 124 valence electrons. The van der Waals surface area contributed by atoms with Crippen LogP contribution in [0.25, 0.3) is 0 Å². The lowest BCUT2D eigenvalue weighted by Crippen LogP contribution is -2.29. The maximum Gasteiger partial charge on any atom is 0.240 e. The van der Waals surface area contributed by atoms with E-state index in [1.165, 1.54) is 23.5 Å². The van der Waals surface area contributed by atoms with Crippen LogP contribution in [0.5, 0.6) is 0 Å². The van der Waals surface area contributed by atoms with E-state index in [1.54, 1.807) is 12.1 Å². The van der Waals surface area contributed by atoms with Crippen LogP contribution in [0.15, 0.2) is 29.2 Å². The van der Waals surface area contributed by atoms with Crippen LogP contribution in [0.4, 0.5) is 5.13 Å². The summed E-state index contributed by atoms with van der Waals surface area (Å²) < 4.78 is 22.3. The van der Waals surface area contributed by atoms with E-state index in [4.69, 9.17) is 5.14 Å². The number of aromatic nitrogens is 2. The highest BCUT2D eigenvalue weighted by atomic mass is 32.2. The summed E-state index contributed by atoms with van der Waals surface area (Å²) >= 11 is 1.31. The zero-order chi connectivity index (χ0) is 16.9. The minimum atomic E-state index is -3.66. The third-order valence-electron chi connectivity index (χ3n) is 2.90. The summed E-state index contributed by atoms with van der Waals surface area (Å²) in [5.41, 5.74) is 0.949. The van der Waals surface area contributed by atoms with Crippen LogP contribution in [0.2, 0.25) is 0 Å². The highest BCUT2D eigenvalue weighted by Crippen LogP contribution is 2.13. The van der Waals surface area contributed by atoms with Crippen LogP contribution in [-0.4, -0.2) is 37.6 Å². The van der Waals surface area contributed by atoms with Gasteiger partial charge in [-0.05, 0) is 37.6 Å². The number of carbonyl (C=O) groups is 1. The van der Waals surface area contributed by atoms with Crippen LogP contribution in [0.1, 0.15) is 10.6 Å². The summed E-state index contributed by atoms with van der Waals surface area (Å²) in [5.74, 6) is -0.189. The van der Waals surface area contributed by atoms with Crippen LogP contribution in [0.3, 0.4) is 0 Å². The molecule has 2 aromatic rings. The van der Waals surface area contributed by atoms with Gasteiger partial charge in [0.25, 0.3) is 0 Å². The van der Waals surface area contributed by atoms with Gasteiger partial charge in [0, 0.05) is 0 Å². The number of carbonyl (C=O) groups excluding carboxylic acids is 1. The zero-order valence-electron chi connectivity index (χ0n) is 12.4. The highest BCUT2D eigenvalue weighted by Gasteiger charge is 2.07. The van der Waals surface area contributed by atoms with Crippen LogP contribution in [0, 0.1) is 6.92 Å². The Bertz CT molecular complexity index is 771. The van der Waals surface area contributed by atoms with Gasteiger partial charge in [-0.15, -0.1) is 10.2 Å². The van der Waals surface area contributed by atoms with E-state index in [0.29, 0.717) is 18.1 Å². The number of hydrogen-bond acceptors (Lipinski definition) is 7. The molecule has 0 aliphatic carbocycles. The first-order valence-electron chi connectivity index (χ1n) is 6.77. The molecule has 4 N–H and O–H groups in total. The molecule has 0 radical (unpaired) electrons. The number of anilines is 1. The predicted octanol–water partition coefficient (Wildman–Crippen LogP) is 0.265. The van der Waals surface area contributed by atoms with Gasteiger partial charge in [-0.25, -0.2) is 13.6 Å². The third-order valence-corrected chi connectivity index (χ3v) is 4.58. The number of hydrogen-bond donors (Lipinski definition) is 3. The van der Waals surface area contributed by atoms with E-state index < -0.39 is 10.0 Å². The number of primary sulfonamides is 1. The van der Waals surface area contributed by atoms with Gasteiger partial charge >= 0.3 is 0 Å². The number of sulfonamides is 1. The summed E-state index contributed by atoms with van der Waals surface area (Å²) in [6.45, 7) is 2.55. The lowest BCUT2D eigenvalue weighted by molar-refractivity contribution is -0.115. The Morgan fingerprint density at radius 2 is 1.96 bits per heavy atom. The Hall–Kier alpha value is -1.88. The SMILES string of the molecule is Cc1nnc(NC(=O)CNCCc2ccc(S(N)(=O)=O)cc2)s1. The number of nitrogens with one attached hydrogen (secondary N) is 2. The van der Waals surface area contributed by atoms with E-state index in [-0.39, 0.29) is 17.3 Å². The van der Waals surface area contributed by atoms with Crippen molar-refractivity contribution in [2.24, 2.45) is 5.14 Å². The maximum atomic E-state index is 11.7. The molecule has 8 nitrogen and oxygen atoms in total. The molecule has 1 heterocycles. The first-order chi connectivity index (χ1) is 10.8. The van der Waals surface area contributed by atoms with Gasteiger partial charge in [0.05, 0.1) is 11.4 Å². The normalized spacial score (nSPS) is 11.4. The summed E-state index contributed by atoms with van der Waals surface area (Å²) in [6, 6.07) is 6.33. The standard InChI is InChI=1S/C13H17N5O3S2/c1-9-17-18-13(22-9)16-12(19)8-15-7-6-10-2-4-11(5-3-10)23(14,20)21/h2-5,15H,6-8H2,1H3,(H2,14,20,21)(H,16,18,19). The predicted molar refractivity (Wildman–Crippen MR) is 87.7 cm³/mol. The van der Waals surface area contributed by atoms with Gasteiger partial charge in [-0.3, -0.25) is 10.1 Å². The van der Waals surface area contributed by atoms with E-state index in [9.17, 15) is 13.2 Å². The molecular formula is C13H17N5O3S2. The Balaban J connectivity index is 1.72. The van der Waals surface area contributed by atoms with Crippen molar-refractivity contribution in [2.75, 3.05) is 18.4 Å². The van der Waals surface area contributed by atoms with Crippen LogP contribution in [-0.2, 0) is 21.2 Å². The smallest absolute Gasteiger partial charge is 0.240 e. The highest BCUT2D eigenvalue weighted by molar-refractivity contribution is 7.89. The zero-order valence-corrected chi connectivity index (χ0v) is 14.1. The van der Waals surface area contributed by atoms with Gasteiger partial charge < -0.3 is 5.32 Å². The number of nitrogens with zero attached hydrogens (tertiary/aromatic N) is 2. The molecule has 0 aliphatic heterocycles. The van der Waals surface area contributed by atoms with E-state index in [2.05, 4.69) is 20.8 Å². The molecule has 0 atom stereocenters. The molecule has 0 aliphatic rings. The third kappa shape index (κ3) is 5.67. The molecule has 2 rings (SSSR count). The van der Waals surface area contributed by atoms with Gasteiger partial charge in [0.1, 0.15) is 5.01 Å². The summed E-state index contributed by atoms with van der Waals surface area (Å²) in [6.07, 6.45) is 0.663. The minimum absolute atomic E-state index is 0.0842. The number of amides is 1. The first kappa shape index (κ1) is 17.5. The lowest BCUT2D eigenvalue weighted by Gasteiger charge is -2.05. The number of nitrogens with two attached hydrogens (primary N) is 1. The minimum Gasteiger partial charge on any atom is -0.308 e. The largest absolute Gasteiger partial charge is 0.308 e. The number of benzene rings is 1. The van der Waals surface area contributed by atoms with Gasteiger partial charge in [0.15, 0.2) is 0 Å². The molecule has 0 bridgehead atoms. The summed E-state index contributed by atoms with van der Waals surface area (Å²) in [5, 5.41) is 19.6. The van der Waals surface area contributed by atoms with Crippen LogP contribution >= 0.6 is 11.3 Å². The molecule has 23 heavy (non-hydrogen) atoms. The Morgan fingerprint density at radius 1 is 1.26 bits per heavy atom. The molecule has 0 saturated carbocycles. The molecular weight excluding hydrogens is 338 g/mol. The quantitative estimate of drug-likeness (QED) is 0.612. The maximum absolute atomic E-state index is 11.7. The summed E-state index contributed by atoms with van der Waals surface area (Å²) in [7, 11) is -3.66. The number of aryl methyl sites for hydroxylation is 1. The van der Waals surface area contributed by atoms with Crippen LogP contribution < -0.4 is 15.8 Å². The lowest BCUT2D eigenvalue weighted by atomic mass is 10.1. The van der Waals surface area contributed by atoms with Gasteiger partial charge in [-0.2, -0.15) is 0 Å². The second-order valence-electron chi connectivity index (χ2n) is 4.79. The second-order valence-corrected chi connectivity index (χ2v) is 7.53. The average molecular weight is 355 g/mol. The fourth-order valence-electron chi connectivity index (χ4n) is 1.79. The second kappa shape index (κ2) is 7.59. The topological polar surface area (TPSA) is 127 Å². The molecule has 10 heteroatoms. The van der Waals surface area contributed by atoms with Crippen molar-refractivity contribution >= 4 is 32.4 Å². The van der Waals surface area contributed by atoms with Crippen molar-refractivity contribution in [2.45, 2.75) is 18.2 Å². The van der Waals surface area contributed by atoms with Crippen molar-refractivity contribution in [3.63, 3.8) is 0 Å². The van der Waals surface area contributed by atoms with Crippen molar-refractivity contribution < 1.29 is 13.2 Å². The molecule has 0 fully saturated rings. The van der Waals surface area contributed by atoms with Gasteiger partial charge in [-0.1, -0.05) is 23.5 Å². The molecule has 0 unspecified atom stereocenters. The molecule has 1 aromatic carbocycles. The molecule has 1 amide bonds. The molecule has 1 aromatic heterocycles.